The molecule has 90 valence electrons. The number of imidazole rings is 1. The highest BCUT2D eigenvalue weighted by molar-refractivity contribution is 5.36. The van der Waals surface area contributed by atoms with E-state index in [0.29, 0.717) is 6.04 Å². The van der Waals surface area contributed by atoms with Crippen LogP contribution in [0.5, 0.6) is 0 Å². The minimum absolute atomic E-state index is 0.401. The van der Waals surface area contributed by atoms with Crippen LogP contribution < -0.4 is 5.32 Å². The molecule has 0 spiro atoms. The highest BCUT2D eigenvalue weighted by Crippen LogP contribution is 2.16. The van der Waals surface area contributed by atoms with Crippen LogP contribution in [-0.4, -0.2) is 16.1 Å². The smallest absolute Gasteiger partial charge is 0.110 e. The fourth-order valence-corrected chi connectivity index (χ4v) is 2.00. The van der Waals surface area contributed by atoms with E-state index in [0.717, 1.165) is 18.1 Å². The van der Waals surface area contributed by atoms with E-state index in [4.69, 9.17) is 0 Å². The molecule has 0 amide bonds. The van der Waals surface area contributed by atoms with E-state index in [1.165, 1.54) is 5.56 Å². The lowest BCUT2D eigenvalue weighted by atomic mass is 10.1. The maximum Gasteiger partial charge on any atom is 0.110 e. The summed E-state index contributed by atoms with van der Waals surface area (Å²) in [5.41, 5.74) is 2.47. The molecule has 2 aromatic rings. The fourth-order valence-electron chi connectivity index (χ4n) is 2.00. The monoisotopic (exact) mass is 229 g/mol. The second-order valence-electron chi connectivity index (χ2n) is 4.22. The zero-order valence-electron chi connectivity index (χ0n) is 10.6. The first-order chi connectivity index (χ1) is 8.22. The molecular formula is C14H19N3. The Kier molecular flexibility index (Phi) is 3.59. The number of hydrogen-bond donors (Lipinski definition) is 1. The van der Waals surface area contributed by atoms with Gasteiger partial charge in [0.25, 0.3) is 0 Å². The van der Waals surface area contributed by atoms with Crippen molar-refractivity contribution in [3.05, 3.63) is 48.0 Å². The van der Waals surface area contributed by atoms with Crippen molar-refractivity contribution >= 4 is 0 Å². The first kappa shape index (κ1) is 11.9. The number of hydrogen-bond acceptors (Lipinski definition) is 2. The van der Waals surface area contributed by atoms with Crippen LogP contribution in [0.2, 0.25) is 0 Å². The molecule has 1 N–H and O–H groups in total. The van der Waals surface area contributed by atoms with Gasteiger partial charge in [0.15, 0.2) is 0 Å². The van der Waals surface area contributed by atoms with Gasteiger partial charge in [-0.1, -0.05) is 19.1 Å². The zero-order chi connectivity index (χ0) is 12.3. The molecule has 1 atom stereocenters. The third-order valence-corrected chi connectivity index (χ3v) is 3.01. The van der Waals surface area contributed by atoms with Gasteiger partial charge in [-0.05, 0) is 38.1 Å². The molecule has 1 aromatic heterocycles. The molecule has 1 aromatic carbocycles. The van der Waals surface area contributed by atoms with Crippen molar-refractivity contribution < 1.29 is 0 Å². The van der Waals surface area contributed by atoms with Crippen LogP contribution in [0.1, 0.15) is 31.3 Å². The van der Waals surface area contributed by atoms with Gasteiger partial charge < -0.3 is 9.88 Å². The molecule has 1 heterocycles. The van der Waals surface area contributed by atoms with E-state index >= 15 is 0 Å². The minimum Gasteiger partial charge on any atom is -0.310 e. The van der Waals surface area contributed by atoms with E-state index in [-0.39, 0.29) is 0 Å². The van der Waals surface area contributed by atoms with Gasteiger partial charge in [-0.25, -0.2) is 4.98 Å². The number of nitrogens with zero attached hydrogens (tertiary/aromatic N) is 2. The lowest BCUT2D eigenvalue weighted by Crippen LogP contribution is -2.17. The van der Waals surface area contributed by atoms with Gasteiger partial charge in [-0.2, -0.15) is 0 Å². The quantitative estimate of drug-likeness (QED) is 0.873. The third-order valence-electron chi connectivity index (χ3n) is 3.01. The molecule has 0 aliphatic carbocycles. The van der Waals surface area contributed by atoms with Crippen molar-refractivity contribution in [2.75, 3.05) is 6.54 Å². The van der Waals surface area contributed by atoms with Crippen LogP contribution in [0.25, 0.3) is 5.69 Å². The number of rotatable bonds is 4. The highest BCUT2D eigenvalue weighted by atomic mass is 15.1. The van der Waals surface area contributed by atoms with Gasteiger partial charge >= 0.3 is 0 Å². The summed E-state index contributed by atoms with van der Waals surface area (Å²) in [7, 11) is 0. The molecule has 1 unspecified atom stereocenters. The molecule has 2 rings (SSSR count). The molecule has 0 aliphatic rings. The van der Waals surface area contributed by atoms with Crippen LogP contribution in [0.3, 0.4) is 0 Å². The van der Waals surface area contributed by atoms with Crippen molar-refractivity contribution in [3.8, 4) is 5.69 Å². The summed E-state index contributed by atoms with van der Waals surface area (Å²) < 4.78 is 2.09. The maximum absolute atomic E-state index is 4.23. The average molecular weight is 229 g/mol. The molecule has 0 bridgehead atoms. The van der Waals surface area contributed by atoms with Crippen molar-refractivity contribution in [1.29, 1.82) is 0 Å². The van der Waals surface area contributed by atoms with Gasteiger partial charge in [-0.3, -0.25) is 0 Å². The Balaban J connectivity index is 2.21. The van der Waals surface area contributed by atoms with E-state index in [1.54, 1.807) is 0 Å². The average Bonchev–Trinajstić information content (AvgIpc) is 2.76. The molecule has 0 radical (unpaired) electrons. The molecule has 0 saturated heterocycles. The standard InChI is InChI=1S/C14H19N3/c1-4-15-11(2)13-5-7-14(8-6-13)17-10-9-16-12(17)3/h5-11,15H,4H2,1-3H3. The van der Waals surface area contributed by atoms with Crippen molar-refractivity contribution in [2.45, 2.75) is 26.8 Å². The van der Waals surface area contributed by atoms with Gasteiger partial charge in [0.2, 0.25) is 0 Å². The van der Waals surface area contributed by atoms with Crippen molar-refractivity contribution in [1.82, 2.24) is 14.9 Å². The molecular weight excluding hydrogens is 210 g/mol. The Morgan fingerprint density at radius 3 is 2.53 bits per heavy atom. The van der Waals surface area contributed by atoms with E-state index < -0.39 is 0 Å². The second-order valence-corrected chi connectivity index (χ2v) is 4.22. The van der Waals surface area contributed by atoms with Gasteiger partial charge in [0, 0.05) is 24.1 Å². The van der Waals surface area contributed by atoms with Gasteiger partial charge in [0.1, 0.15) is 5.82 Å². The largest absolute Gasteiger partial charge is 0.310 e. The summed E-state index contributed by atoms with van der Waals surface area (Å²) in [4.78, 5) is 4.23. The van der Waals surface area contributed by atoms with Crippen LogP contribution in [0.15, 0.2) is 36.7 Å². The van der Waals surface area contributed by atoms with Gasteiger partial charge in [0.05, 0.1) is 0 Å². The fraction of sp³-hybridized carbons (Fsp3) is 0.357. The minimum atomic E-state index is 0.401. The van der Waals surface area contributed by atoms with E-state index in [9.17, 15) is 0 Å². The summed E-state index contributed by atoms with van der Waals surface area (Å²) >= 11 is 0. The van der Waals surface area contributed by atoms with E-state index in [2.05, 4.69) is 53.0 Å². The van der Waals surface area contributed by atoms with Gasteiger partial charge in [-0.15, -0.1) is 0 Å². The third kappa shape index (κ3) is 2.56. The van der Waals surface area contributed by atoms with Crippen LogP contribution in [-0.2, 0) is 0 Å². The summed E-state index contributed by atoms with van der Waals surface area (Å²) in [6.07, 6.45) is 3.81. The predicted molar refractivity (Wildman–Crippen MR) is 70.4 cm³/mol. The number of aryl methyl sites for hydroxylation is 1. The lowest BCUT2D eigenvalue weighted by Gasteiger charge is -2.13. The highest BCUT2D eigenvalue weighted by Gasteiger charge is 2.04. The number of aromatic nitrogens is 2. The van der Waals surface area contributed by atoms with Crippen LogP contribution in [0, 0.1) is 6.92 Å². The predicted octanol–water partition coefficient (Wildman–Crippen LogP) is 2.85. The summed E-state index contributed by atoms with van der Waals surface area (Å²) in [5, 5.41) is 3.41. The lowest BCUT2D eigenvalue weighted by molar-refractivity contribution is 0.598. The SMILES string of the molecule is CCNC(C)c1ccc(-n2ccnc2C)cc1. The topological polar surface area (TPSA) is 29.9 Å². The Morgan fingerprint density at radius 1 is 1.29 bits per heavy atom. The Morgan fingerprint density at radius 2 is 2.00 bits per heavy atom. The maximum atomic E-state index is 4.23. The molecule has 3 heteroatoms. The molecule has 0 aliphatic heterocycles. The first-order valence-corrected chi connectivity index (χ1v) is 6.06. The van der Waals surface area contributed by atoms with E-state index in [1.807, 2.05) is 19.3 Å². The Hall–Kier alpha value is -1.61. The van der Waals surface area contributed by atoms with Crippen molar-refractivity contribution in [3.63, 3.8) is 0 Å². The zero-order valence-corrected chi connectivity index (χ0v) is 10.6. The molecule has 3 nitrogen and oxygen atoms in total. The second kappa shape index (κ2) is 5.15. The Bertz CT molecular complexity index is 470. The number of benzene rings is 1. The first-order valence-electron chi connectivity index (χ1n) is 6.06. The molecule has 0 saturated carbocycles. The summed E-state index contributed by atoms with van der Waals surface area (Å²) in [6, 6.07) is 9.01. The molecule has 17 heavy (non-hydrogen) atoms. The normalized spacial score (nSPS) is 12.6. The molecule has 0 fully saturated rings. The number of nitrogens with one attached hydrogen (secondary N) is 1. The van der Waals surface area contributed by atoms with Crippen LogP contribution >= 0.6 is 0 Å². The summed E-state index contributed by atoms with van der Waals surface area (Å²) in [5.74, 6) is 1.01. The van der Waals surface area contributed by atoms with Crippen molar-refractivity contribution in [2.24, 2.45) is 0 Å². The Labute approximate surface area is 103 Å². The van der Waals surface area contributed by atoms with Crippen LogP contribution in [0.4, 0.5) is 0 Å². The summed E-state index contributed by atoms with van der Waals surface area (Å²) in [6.45, 7) is 7.30.